The highest BCUT2D eigenvalue weighted by Gasteiger charge is 2.34. The average molecular weight is 460 g/mol. The molecule has 7 nitrogen and oxygen atoms in total. The number of fused-ring (bicyclic) bond motifs is 1. The number of H-pyrrole nitrogens is 1. The van der Waals surface area contributed by atoms with E-state index in [9.17, 15) is 9.59 Å². The van der Waals surface area contributed by atoms with Gasteiger partial charge in [-0.1, -0.05) is 43.7 Å². The lowest BCUT2D eigenvalue weighted by molar-refractivity contribution is -0.128. The molecule has 0 spiro atoms. The maximum atomic E-state index is 12.7. The van der Waals surface area contributed by atoms with Crippen LogP contribution < -0.4 is 5.32 Å². The number of halogens is 1. The predicted octanol–water partition coefficient (Wildman–Crippen LogP) is 4.39. The van der Waals surface area contributed by atoms with Gasteiger partial charge in [0.1, 0.15) is 5.01 Å². The van der Waals surface area contributed by atoms with Crippen LogP contribution in [0.4, 0.5) is 5.13 Å². The van der Waals surface area contributed by atoms with Gasteiger partial charge in [0.2, 0.25) is 16.9 Å². The minimum atomic E-state index is -0.378. The van der Waals surface area contributed by atoms with Gasteiger partial charge in [-0.05, 0) is 36.6 Å². The van der Waals surface area contributed by atoms with Crippen molar-refractivity contribution in [3.8, 4) is 0 Å². The zero-order valence-electron chi connectivity index (χ0n) is 17.9. The highest BCUT2D eigenvalue weighted by Crippen LogP contribution is 2.31. The summed E-state index contributed by atoms with van der Waals surface area (Å²) in [5.74, 6) is -0.550. The van der Waals surface area contributed by atoms with E-state index < -0.39 is 0 Å². The number of likely N-dealkylation sites (tertiary alicyclic amines) is 1. The number of nitrogens with one attached hydrogen (secondary N) is 2. The zero-order chi connectivity index (χ0) is 22.2. The number of aromatic amines is 1. The van der Waals surface area contributed by atoms with Gasteiger partial charge in [-0.2, -0.15) is 0 Å². The summed E-state index contributed by atoms with van der Waals surface area (Å²) in [6.45, 7) is 7.29. The zero-order valence-corrected chi connectivity index (χ0v) is 19.4. The van der Waals surface area contributed by atoms with E-state index in [2.05, 4.69) is 41.3 Å². The molecule has 1 aliphatic heterocycles. The van der Waals surface area contributed by atoms with Gasteiger partial charge in [-0.25, -0.2) is 0 Å². The summed E-state index contributed by atoms with van der Waals surface area (Å²) in [6.07, 6.45) is 3.81. The maximum absolute atomic E-state index is 12.7. The Hall–Kier alpha value is -2.45. The third-order valence-corrected chi connectivity index (χ3v) is 7.52. The molecular weight excluding hydrogens is 434 g/mol. The molecule has 31 heavy (non-hydrogen) atoms. The number of hydrogen-bond donors (Lipinski definition) is 2. The van der Waals surface area contributed by atoms with E-state index in [1.807, 2.05) is 24.4 Å². The lowest BCUT2D eigenvalue weighted by Crippen LogP contribution is -2.30. The molecule has 164 valence electrons. The number of nitrogens with zero attached hydrogens (tertiary/aromatic N) is 3. The van der Waals surface area contributed by atoms with Crippen LogP contribution in [0.5, 0.6) is 0 Å². The summed E-state index contributed by atoms with van der Waals surface area (Å²) in [5.41, 5.74) is 2.05. The van der Waals surface area contributed by atoms with Crippen LogP contribution in [0, 0.1) is 5.92 Å². The molecule has 0 saturated carbocycles. The Bertz CT molecular complexity index is 1120. The van der Waals surface area contributed by atoms with E-state index in [-0.39, 0.29) is 29.6 Å². The Morgan fingerprint density at radius 3 is 2.97 bits per heavy atom. The van der Waals surface area contributed by atoms with Crippen molar-refractivity contribution in [1.29, 1.82) is 0 Å². The molecule has 0 aliphatic carbocycles. The van der Waals surface area contributed by atoms with Gasteiger partial charge in [0.05, 0.1) is 5.92 Å². The number of anilines is 1. The van der Waals surface area contributed by atoms with Crippen molar-refractivity contribution in [2.45, 2.75) is 45.4 Å². The van der Waals surface area contributed by atoms with Gasteiger partial charge in [0.25, 0.3) is 0 Å². The third-order valence-electron chi connectivity index (χ3n) is 6.08. The predicted molar refractivity (Wildman–Crippen MR) is 124 cm³/mol. The van der Waals surface area contributed by atoms with Crippen LogP contribution in [0.3, 0.4) is 0 Å². The Morgan fingerprint density at radius 1 is 1.39 bits per heavy atom. The van der Waals surface area contributed by atoms with Gasteiger partial charge in [0.15, 0.2) is 0 Å². The number of carbonyl (C=O) groups is 2. The number of carbonyl (C=O) groups excluding carboxylic acids is 2. The van der Waals surface area contributed by atoms with Gasteiger partial charge >= 0.3 is 0 Å². The minimum Gasteiger partial charge on any atom is -0.361 e. The summed E-state index contributed by atoms with van der Waals surface area (Å²) >= 11 is 7.52. The average Bonchev–Trinajstić information content (AvgIpc) is 3.45. The third kappa shape index (κ3) is 4.60. The van der Waals surface area contributed by atoms with Crippen molar-refractivity contribution in [2.24, 2.45) is 5.92 Å². The molecule has 1 atom stereocenters. The Morgan fingerprint density at radius 2 is 2.19 bits per heavy atom. The first-order valence-electron chi connectivity index (χ1n) is 10.4. The van der Waals surface area contributed by atoms with Crippen molar-refractivity contribution in [2.75, 3.05) is 18.4 Å². The molecule has 0 radical (unpaired) electrons. The first kappa shape index (κ1) is 21.8. The van der Waals surface area contributed by atoms with Crippen molar-refractivity contribution in [3.05, 3.63) is 40.0 Å². The Labute approximate surface area is 190 Å². The second-order valence-corrected chi connectivity index (χ2v) is 10.0. The molecule has 1 fully saturated rings. The van der Waals surface area contributed by atoms with Crippen molar-refractivity contribution >= 4 is 50.8 Å². The second-order valence-electron chi connectivity index (χ2n) is 8.63. The minimum absolute atomic E-state index is 0.00286. The summed E-state index contributed by atoms with van der Waals surface area (Å²) < 4.78 is 0. The smallest absolute Gasteiger partial charge is 0.231 e. The fraction of sp³-hybridized carbons (Fsp3) is 0.455. The van der Waals surface area contributed by atoms with Crippen LogP contribution in [-0.2, 0) is 21.4 Å². The van der Waals surface area contributed by atoms with E-state index in [1.165, 1.54) is 11.3 Å². The Kier molecular flexibility index (Phi) is 6.03. The molecule has 0 bridgehead atoms. The van der Waals surface area contributed by atoms with E-state index in [1.54, 1.807) is 4.90 Å². The number of amides is 2. The van der Waals surface area contributed by atoms with Crippen LogP contribution in [0.15, 0.2) is 24.4 Å². The molecule has 1 saturated heterocycles. The van der Waals surface area contributed by atoms with Crippen LogP contribution >= 0.6 is 22.9 Å². The standard InChI is InChI=1S/C22H26ClN5O2S/c1-4-22(2,3)20-26-27-21(31-20)25-19(30)14-9-18(29)28(12-14)8-7-13-11-24-17-6-5-15(23)10-16(13)17/h5-6,10-11,14,24H,4,7-9,12H2,1-3H3,(H,25,27,30)/t14-/m1/s1. The molecule has 1 aromatic carbocycles. The van der Waals surface area contributed by atoms with E-state index in [4.69, 9.17) is 11.6 Å². The first-order chi connectivity index (χ1) is 14.8. The molecule has 3 heterocycles. The fourth-order valence-corrected chi connectivity index (χ4v) is 4.77. The summed E-state index contributed by atoms with van der Waals surface area (Å²) in [7, 11) is 0. The monoisotopic (exact) mass is 459 g/mol. The molecule has 3 aromatic rings. The molecule has 4 rings (SSSR count). The van der Waals surface area contributed by atoms with Crippen LogP contribution in [-0.4, -0.2) is 45.0 Å². The lowest BCUT2D eigenvalue weighted by Gasteiger charge is -2.17. The number of rotatable bonds is 7. The van der Waals surface area contributed by atoms with Gasteiger partial charge in [-0.15, -0.1) is 10.2 Å². The molecule has 9 heteroatoms. The van der Waals surface area contributed by atoms with Crippen LogP contribution in [0.25, 0.3) is 10.9 Å². The lowest BCUT2D eigenvalue weighted by atomic mass is 9.91. The summed E-state index contributed by atoms with van der Waals surface area (Å²) in [4.78, 5) is 30.2. The van der Waals surface area contributed by atoms with E-state index in [0.29, 0.717) is 29.7 Å². The summed E-state index contributed by atoms with van der Waals surface area (Å²) in [6, 6.07) is 5.73. The molecule has 2 aromatic heterocycles. The highest BCUT2D eigenvalue weighted by molar-refractivity contribution is 7.15. The largest absolute Gasteiger partial charge is 0.361 e. The van der Waals surface area contributed by atoms with Crippen molar-refractivity contribution in [1.82, 2.24) is 20.1 Å². The normalized spacial score (nSPS) is 17.0. The highest BCUT2D eigenvalue weighted by atomic mass is 35.5. The fourth-order valence-electron chi connectivity index (χ4n) is 3.68. The number of aromatic nitrogens is 3. The summed E-state index contributed by atoms with van der Waals surface area (Å²) in [5, 5.41) is 14.3. The molecule has 2 amide bonds. The SMILES string of the molecule is CCC(C)(C)c1nnc(NC(=O)[C@@H]2CC(=O)N(CCc3c[nH]c4ccc(Cl)cc34)C2)s1. The van der Waals surface area contributed by atoms with E-state index in [0.717, 1.165) is 27.9 Å². The molecule has 1 aliphatic rings. The van der Waals surface area contributed by atoms with Gasteiger partial charge in [-0.3, -0.25) is 9.59 Å². The Balaban J connectivity index is 1.35. The van der Waals surface area contributed by atoms with Gasteiger partial charge in [0, 0.05) is 47.0 Å². The van der Waals surface area contributed by atoms with Crippen molar-refractivity contribution < 1.29 is 9.59 Å². The molecule has 2 N–H and O–H groups in total. The van der Waals surface area contributed by atoms with Gasteiger partial charge < -0.3 is 15.2 Å². The first-order valence-corrected chi connectivity index (χ1v) is 11.6. The molecular formula is C22H26ClN5O2S. The van der Waals surface area contributed by atoms with Crippen LogP contribution in [0.2, 0.25) is 5.02 Å². The molecule has 0 unspecified atom stereocenters. The number of benzene rings is 1. The van der Waals surface area contributed by atoms with E-state index >= 15 is 0 Å². The maximum Gasteiger partial charge on any atom is 0.231 e. The van der Waals surface area contributed by atoms with Crippen LogP contribution in [0.1, 0.15) is 44.2 Å². The van der Waals surface area contributed by atoms with Crippen molar-refractivity contribution in [3.63, 3.8) is 0 Å². The second kappa shape index (κ2) is 8.59. The topological polar surface area (TPSA) is 91.0 Å². The number of hydrogen-bond acceptors (Lipinski definition) is 5. The quantitative estimate of drug-likeness (QED) is 0.548.